The highest BCUT2D eigenvalue weighted by Crippen LogP contribution is 2.18. The second-order valence-corrected chi connectivity index (χ2v) is 5.41. The monoisotopic (exact) mass is 240 g/mol. The third-order valence-corrected chi connectivity index (χ3v) is 3.65. The maximum atomic E-state index is 5.23. The summed E-state index contributed by atoms with van der Waals surface area (Å²) < 4.78 is 5.23. The van der Waals surface area contributed by atoms with Crippen LogP contribution in [-0.4, -0.2) is 37.5 Å². The Hall–Kier alpha value is -0.570. The summed E-state index contributed by atoms with van der Waals surface area (Å²) >= 11 is 0. The van der Waals surface area contributed by atoms with E-state index in [0.29, 0.717) is 12.0 Å². The molecule has 100 valence electrons. The van der Waals surface area contributed by atoms with Gasteiger partial charge in [0, 0.05) is 19.9 Å². The number of hydrogen-bond donors (Lipinski definition) is 0. The minimum atomic E-state index is 0.493. The summed E-state index contributed by atoms with van der Waals surface area (Å²) in [5.74, 6) is 1.37. The fraction of sp³-hybridized carbons (Fsp3) is 0.929. The Balaban J connectivity index is 2.35. The van der Waals surface area contributed by atoms with E-state index in [1.54, 1.807) is 7.11 Å². The molecule has 0 unspecified atom stereocenters. The Kier molecular flexibility index (Phi) is 6.56. The maximum Gasteiger partial charge on any atom is 0.0704 e. The Bertz CT molecular complexity index is 230. The molecule has 0 N–H and O–H groups in total. The summed E-state index contributed by atoms with van der Waals surface area (Å²) in [4.78, 5) is 0. The van der Waals surface area contributed by atoms with E-state index in [1.807, 2.05) is 0 Å². The molecule has 0 aromatic carbocycles. The molecule has 0 spiro atoms. The smallest absolute Gasteiger partial charge is 0.0704 e. The summed E-state index contributed by atoms with van der Waals surface area (Å²) in [6, 6.07) is 0.493. The lowest BCUT2D eigenvalue weighted by Gasteiger charge is -2.21. The molecular formula is C14H28N2O. The summed E-state index contributed by atoms with van der Waals surface area (Å²) in [6.45, 7) is 8.71. The van der Waals surface area contributed by atoms with Gasteiger partial charge in [-0.2, -0.15) is 5.10 Å². The van der Waals surface area contributed by atoms with Crippen LogP contribution >= 0.6 is 0 Å². The van der Waals surface area contributed by atoms with Gasteiger partial charge < -0.3 is 4.74 Å². The standard InChI is InChI=1S/C14H28N2O/c1-5-12(2)9-13(3)10-15-16-8-6-7-14(16)11-17-4/h10,12-14H,5-9,11H2,1-4H3/b15-10+/t12-,13-,14-/m0/s1. The molecule has 0 radical (unpaired) electrons. The SMILES string of the molecule is CC[C@H](C)C[C@H](C)/C=N/N1CCC[C@H]1COC. The van der Waals surface area contributed by atoms with Gasteiger partial charge >= 0.3 is 0 Å². The summed E-state index contributed by atoms with van der Waals surface area (Å²) in [7, 11) is 1.77. The van der Waals surface area contributed by atoms with Gasteiger partial charge in [-0.25, -0.2) is 0 Å². The van der Waals surface area contributed by atoms with Crippen LogP contribution in [0.25, 0.3) is 0 Å². The van der Waals surface area contributed by atoms with Crippen molar-refractivity contribution in [1.29, 1.82) is 0 Å². The topological polar surface area (TPSA) is 24.8 Å². The molecule has 17 heavy (non-hydrogen) atoms. The van der Waals surface area contributed by atoms with E-state index in [-0.39, 0.29) is 0 Å². The van der Waals surface area contributed by atoms with Gasteiger partial charge in [0.1, 0.15) is 0 Å². The van der Waals surface area contributed by atoms with E-state index < -0.39 is 0 Å². The third kappa shape index (κ3) is 5.07. The summed E-state index contributed by atoms with van der Waals surface area (Å²) in [6.07, 6.45) is 7.08. The highest BCUT2D eigenvalue weighted by molar-refractivity contribution is 5.59. The van der Waals surface area contributed by atoms with Crippen LogP contribution < -0.4 is 0 Å². The largest absolute Gasteiger partial charge is 0.382 e. The molecule has 3 nitrogen and oxygen atoms in total. The minimum absolute atomic E-state index is 0.493. The van der Waals surface area contributed by atoms with Gasteiger partial charge in [-0.3, -0.25) is 5.01 Å². The summed E-state index contributed by atoms with van der Waals surface area (Å²) in [5.41, 5.74) is 0. The van der Waals surface area contributed by atoms with Crippen LogP contribution in [0.4, 0.5) is 0 Å². The van der Waals surface area contributed by atoms with Crippen molar-refractivity contribution in [2.45, 2.75) is 52.5 Å². The molecule has 3 atom stereocenters. The lowest BCUT2D eigenvalue weighted by Crippen LogP contribution is -2.28. The van der Waals surface area contributed by atoms with Crippen LogP contribution in [0, 0.1) is 11.8 Å². The molecule has 0 aromatic heterocycles. The van der Waals surface area contributed by atoms with Crippen LogP contribution in [0.3, 0.4) is 0 Å². The molecule has 0 bridgehead atoms. The Morgan fingerprint density at radius 1 is 1.47 bits per heavy atom. The molecule has 1 saturated heterocycles. The molecule has 0 saturated carbocycles. The first kappa shape index (κ1) is 14.5. The quantitative estimate of drug-likeness (QED) is 0.639. The van der Waals surface area contributed by atoms with Crippen molar-refractivity contribution in [2.75, 3.05) is 20.3 Å². The van der Waals surface area contributed by atoms with Gasteiger partial charge in [-0.05, 0) is 31.1 Å². The third-order valence-electron chi connectivity index (χ3n) is 3.65. The number of hydrazone groups is 1. The van der Waals surface area contributed by atoms with Crippen molar-refractivity contribution in [3.63, 3.8) is 0 Å². The highest BCUT2D eigenvalue weighted by Gasteiger charge is 2.22. The van der Waals surface area contributed by atoms with Crippen LogP contribution in [0.15, 0.2) is 5.10 Å². The number of nitrogens with zero attached hydrogens (tertiary/aromatic N) is 2. The van der Waals surface area contributed by atoms with E-state index in [2.05, 4.69) is 37.1 Å². The maximum absolute atomic E-state index is 5.23. The zero-order chi connectivity index (χ0) is 12.7. The van der Waals surface area contributed by atoms with Crippen molar-refractivity contribution in [3.05, 3.63) is 0 Å². The molecule has 0 aromatic rings. The lowest BCUT2D eigenvalue weighted by atomic mass is 9.96. The predicted octanol–water partition coefficient (Wildman–Crippen LogP) is 3.16. The van der Waals surface area contributed by atoms with Gasteiger partial charge in [-0.15, -0.1) is 0 Å². The molecule has 1 rings (SSSR count). The average Bonchev–Trinajstić information content (AvgIpc) is 2.74. The zero-order valence-electron chi connectivity index (χ0n) is 11.9. The van der Waals surface area contributed by atoms with E-state index in [1.165, 1.54) is 25.7 Å². The molecule has 3 heteroatoms. The molecule has 1 heterocycles. The van der Waals surface area contributed by atoms with Crippen molar-refractivity contribution in [3.8, 4) is 0 Å². The van der Waals surface area contributed by atoms with E-state index in [0.717, 1.165) is 19.1 Å². The molecule has 1 fully saturated rings. The van der Waals surface area contributed by atoms with Crippen LogP contribution in [-0.2, 0) is 4.74 Å². The first-order valence-corrected chi connectivity index (χ1v) is 6.97. The van der Waals surface area contributed by atoms with Gasteiger partial charge in [0.05, 0.1) is 12.6 Å². The lowest BCUT2D eigenvalue weighted by molar-refractivity contribution is 0.118. The van der Waals surface area contributed by atoms with Crippen molar-refractivity contribution < 1.29 is 4.74 Å². The van der Waals surface area contributed by atoms with Gasteiger partial charge in [0.15, 0.2) is 0 Å². The fourth-order valence-electron chi connectivity index (χ4n) is 2.40. The number of methoxy groups -OCH3 is 1. The fourth-order valence-corrected chi connectivity index (χ4v) is 2.40. The van der Waals surface area contributed by atoms with Gasteiger partial charge in [0.2, 0.25) is 0 Å². The zero-order valence-corrected chi connectivity index (χ0v) is 11.9. The van der Waals surface area contributed by atoms with Crippen molar-refractivity contribution >= 4 is 6.21 Å². The predicted molar refractivity (Wildman–Crippen MR) is 73.3 cm³/mol. The molecule has 1 aliphatic heterocycles. The summed E-state index contributed by atoms with van der Waals surface area (Å²) in [5, 5.41) is 6.84. The van der Waals surface area contributed by atoms with Crippen LogP contribution in [0.1, 0.15) is 46.5 Å². The highest BCUT2D eigenvalue weighted by atomic mass is 16.5. The Morgan fingerprint density at radius 2 is 2.24 bits per heavy atom. The molecule has 1 aliphatic rings. The first-order chi connectivity index (χ1) is 8.17. The minimum Gasteiger partial charge on any atom is -0.382 e. The van der Waals surface area contributed by atoms with E-state index in [4.69, 9.17) is 4.74 Å². The van der Waals surface area contributed by atoms with Gasteiger partial charge in [-0.1, -0.05) is 27.2 Å². The van der Waals surface area contributed by atoms with Crippen LogP contribution in [0.5, 0.6) is 0 Å². The van der Waals surface area contributed by atoms with Crippen molar-refractivity contribution in [1.82, 2.24) is 5.01 Å². The van der Waals surface area contributed by atoms with Crippen molar-refractivity contribution in [2.24, 2.45) is 16.9 Å². The average molecular weight is 240 g/mol. The Morgan fingerprint density at radius 3 is 2.88 bits per heavy atom. The van der Waals surface area contributed by atoms with Crippen LogP contribution in [0.2, 0.25) is 0 Å². The number of ether oxygens (including phenoxy) is 1. The van der Waals surface area contributed by atoms with E-state index in [9.17, 15) is 0 Å². The number of rotatable bonds is 7. The number of hydrogen-bond acceptors (Lipinski definition) is 3. The second-order valence-electron chi connectivity index (χ2n) is 5.41. The van der Waals surface area contributed by atoms with E-state index >= 15 is 0 Å². The Labute approximate surface area is 106 Å². The molecule has 0 amide bonds. The van der Waals surface area contributed by atoms with Gasteiger partial charge in [0.25, 0.3) is 0 Å². The first-order valence-electron chi connectivity index (χ1n) is 6.97. The second kappa shape index (κ2) is 7.70. The normalized spacial score (nSPS) is 24.5. The molecular weight excluding hydrogens is 212 g/mol. The molecule has 0 aliphatic carbocycles.